The van der Waals surface area contributed by atoms with Crippen LogP contribution in [0.2, 0.25) is 0 Å². The van der Waals surface area contributed by atoms with E-state index in [1.165, 1.54) is 18.2 Å². The first kappa shape index (κ1) is 22.4. The molecule has 11 heteroatoms. The number of amides is 1. The van der Waals surface area contributed by atoms with Crippen LogP contribution >= 0.6 is 0 Å². The highest BCUT2D eigenvalue weighted by Crippen LogP contribution is 2.43. The molecule has 5 nitrogen and oxygen atoms in total. The summed E-state index contributed by atoms with van der Waals surface area (Å²) in [5.74, 6) is -0.467. The molecule has 0 fully saturated rings. The Kier molecular flexibility index (Phi) is 5.43. The molecule has 1 aliphatic rings. The van der Waals surface area contributed by atoms with Crippen molar-refractivity contribution in [1.82, 2.24) is 10.3 Å². The van der Waals surface area contributed by atoms with Gasteiger partial charge in [0.2, 0.25) is 0 Å². The van der Waals surface area contributed by atoms with Crippen LogP contribution in [0.4, 0.5) is 26.3 Å². The van der Waals surface area contributed by atoms with Gasteiger partial charge in [-0.1, -0.05) is 24.3 Å². The molecule has 0 spiro atoms. The third-order valence-electron chi connectivity index (χ3n) is 4.97. The van der Waals surface area contributed by atoms with Crippen molar-refractivity contribution in [3.8, 4) is 11.5 Å². The molecular formula is C22H14F6N2O3. The standard InChI is InChI=1S/C22H14F6N2O3/c23-21(24,25)10-11-5-7-16-14(9-11)18(12-3-1-2-4-15(12)33-16)30-20(32)13-6-8-17(22(26,27)28)29-19(13)31/h1-9,18H,10H2,(H,29,31)(H,30,32). The molecular weight excluding hydrogens is 454 g/mol. The van der Waals surface area contributed by atoms with Crippen LogP contribution in [0.5, 0.6) is 11.5 Å². The van der Waals surface area contributed by atoms with E-state index in [1.807, 2.05) is 0 Å². The summed E-state index contributed by atoms with van der Waals surface area (Å²) in [6.07, 6.45) is -10.5. The summed E-state index contributed by atoms with van der Waals surface area (Å²) in [4.78, 5) is 26.5. The summed E-state index contributed by atoms with van der Waals surface area (Å²) in [6, 6.07) is 10.6. The maximum Gasteiger partial charge on any atom is 0.431 e. The molecule has 33 heavy (non-hydrogen) atoms. The van der Waals surface area contributed by atoms with E-state index >= 15 is 0 Å². The first-order valence-corrected chi connectivity index (χ1v) is 9.50. The summed E-state index contributed by atoms with van der Waals surface area (Å²) < 4.78 is 82.8. The van der Waals surface area contributed by atoms with Gasteiger partial charge >= 0.3 is 12.4 Å². The Morgan fingerprint density at radius 1 is 0.939 bits per heavy atom. The van der Waals surface area contributed by atoms with Gasteiger partial charge in [0.25, 0.3) is 11.5 Å². The summed E-state index contributed by atoms with van der Waals surface area (Å²) >= 11 is 0. The number of alkyl halides is 6. The van der Waals surface area contributed by atoms with E-state index < -0.39 is 47.5 Å². The lowest BCUT2D eigenvalue weighted by Crippen LogP contribution is -2.35. The van der Waals surface area contributed by atoms with Crippen LogP contribution in [0.15, 0.2) is 59.4 Å². The van der Waals surface area contributed by atoms with Crippen LogP contribution in [-0.4, -0.2) is 17.1 Å². The molecule has 1 amide bonds. The van der Waals surface area contributed by atoms with Gasteiger partial charge in [-0.3, -0.25) is 9.59 Å². The van der Waals surface area contributed by atoms with E-state index in [-0.39, 0.29) is 16.9 Å². The fourth-order valence-corrected chi connectivity index (χ4v) is 3.54. The predicted octanol–water partition coefficient (Wildman–Crippen LogP) is 5.12. The molecule has 2 N–H and O–H groups in total. The van der Waals surface area contributed by atoms with Crippen molar-refractivity contribution in [3.05, 3.63) is 92.9 Å². The lowest BCUT2D eigenvalue weighted by atomic mass is 9.92. The largest absolute Gasteiger partial charge is 0.457 e. The van der Waals surface area contributed by atoms with Gasteiger partial charge in [-0.25, -0.2) is 0 Å². The van der Waals surface area contributed by atoms with Gasteiger partial charge in [0.05, 0.1) is 12.5 Å². The quantitative estimate of drug-likeness (QED) is 0.524. The van der Waals surface area contributed by atoms with Crippen molar-refractivity contribution in [1.29, 1.82) is 0 Å². The van der Waals surface area contributed by atoms with E-state index in [4.69, 9.17) is 4.74 Å². The molecule has 0 saturated carbocycles. The minimum absolute atomic E-state index is 0.0733. The maximum absolute atomic E-state index is 12.9. The van der Waals surface area contributed by atoms with Crippen molar-refractivity contribution >= 4 is 5.91 Å². The fraction of sp³-hybridized carbons (Fsp3) is 0.182. The Hall–Kier alpha value is -3.76. The molecule has 1 atom stereocenters. The Labute approximate surface area is 182 Å². The van der Waals surface area contributed by atoms with Crippen LogP contribution in [0.1, 0.15) is 38.8 Å². The Morgan fingerprint density at radius 2 is 1.64 bits per heavy atom. The zero-order valence-electron chi connectivity index (χ0n) is 16.5. The van der Waals surface area contributed by atoms with E-state index in [0.29, 0.717) is 17.4 Å². The normalized spacial score (nSPS) is 15.3. The zero-order chi connectivity index (χ0) is 24.0. The van der Waals surface area contributed by atoms with E-state index in [1.54, 1.807) is 29.2 Å². The highest BCUT2D eigenvalue weighted by Gasteiger charge is 2.34. The van der Waals surface area contributed by atoms with Crippen molar-refractivity contribution in [3.63, 3.8) is 0 Å². The van der Waals surface area contributed by atoms with Crippen molar-refractivity contribution in [2.24, 2.45) is 0 Å². The second-order valence-electron chi connectivity index (χ2n) is 7.32. The second kappa shape index (κ2) is 7.98. The minimum atomic E-state index is -4.80. The number of benzene rings is 2. The number of nitrogens with one attached hydrogen (secondary N) is 2. The van der Waals surface area contributed by atoms with Crippen molar-refractivity contribution in [2.75, 3.05) is 0 Å². The zero-order valence-corrected chi connectivity index (χ0v) is 16.5. The van der Waals surface area contributed by atoms with Gasteiger partial charge in [-0.2, -0.15) is 26.3 Å². The average Bonchev–Trinajstić information content (AvgIpc) is 2.72. The Bertz CT molecular complexity index is 1280. The SMILES string of the molecule is O=C(NC1c2ccccc2Oc2ccc(CC(F)(F)F)cc21)c1ccc(C(F)(F)F)[nH]c1=O. The third kappa shape index (κ3) is 4.71. The Balaban J connectivity index is 1.72. The number of H-pyrrole nitrogens is 1. The Morgan fingerprint density at radius 3 is 2.30 bits per heavy atom. The number of ether oxygens (including phenoxy) is 1. The number of rotatable bonds is 3. The van der Waals surface area contributed by atoms with Crippen LogP contribution in [0.3, 0.4) is 0 Å². The first-order chi connectivity index (χ1) is 15.4. The molecule has 1 unspecified atom stereocenters. The molecule has 1 aliphatic heterocycles. The van der Waals surface area contributed by atoms with Gasteiger partial charge in [0, 0.05) is 11.1 Å². The summed E-state index contributed by atoms with van der Waals surface area (Å²) in [6.45, 7) is 0. The van der Waals surface area contributed by atoms with Gasteiger partial charge in [-0.15, -0.1) is 0 Å². The van der Waals surface area contributed by atoms with Crippen molar-refractivity contribution < 1.29 is 35.9 Å². The lowest BCUT2D eigenvalue weighted by molar-refractivity contribution is -0.141. The third-order valence-corrected chi connectivity index (χ3v) is 4.97. The second-order valence-corrected chi connectivity index (χ2v) is 7.32. The van der Waals surface area contributed by atoms with Gasteiger partial charge < -0.3 is 15.0 Å². The van der Waals surface area contributed by atoms with Gasteiger partial charge in [-0.05, 0) is 35.9 Å². The topological polar surface area (TPSA) is 71.2 Å². The molecule has 2 aromatic carbocycles. The van der Waals surface area contributed by atoms with Crippen LogP contribution < -0.4 is 15.6 Å². The molecule has 0 bridgehead atoms. The molecule has 0 aliphatic carbocycles. The lowest BCUT2D eigenvalue weighted by Gasteiger charge is -2.29. The molecule has 1 aromatic heterocycles. The highest BCUT2D eigenvalue weighted by atomic mass is 19.4. The number of hydrogen-bond donors (Lipinski definition) is 2. The number of pyridine rings is 1. The van der Waals surface area contributed by atoms with Gasteiger partial charge in [0.15, 0.2) is 0 Å². The van der Waals surface area contributed by atoms with E-state index in [9.17, 15) is 35.9 Å². The maximum atomic E-state index is 12.9. The molecule has 0 saturated heterocycles. The molecule has 0 radical (unpaired) electrons. The number of carbonyl (C=O) groups excluding carboxylic acids is 1. The van der Waals surface area contributed by atoms with Crippen LogP contribution in [-0.2, 0) is 12.6 Å². The van der Waals surface area contributed by atoms with E-state index in [0.717, 1.165) is 6.07 Å². The summed E-state index contributed by atoms with van der Waals surface area (Å²) in [7, 11) is 0. The first-order valence-electron chi connectivity index (χ1n) is 9.50. The molecule has 2 heterocycles. The fourth-order valence-electron chi connectivity index (χ4n) is 3.54. The summed E-state index contributed by atoms with van der Waals surface area (Å²) in [5, 5.41) is 2.54. The minimum Gasteiger partial charge on any atom is -0.457 e. The van der Waals surface area contributed by atoms with E-state index in [2.05, 4.69) is 5.32 Å². The number of aromatic nitrogens is 1. The molecule has 3 aromatic rings. The van der Waals surface area contributed by atoms with Crippen molar-refractivity contribution in [2.45, 2.75) is 24.8 Å². The monoisotopic (exact) mass is 468 g/mol. The number of carbonyl (C=O) groups is 1. The van der Waals surface area contributed by atoms with Crippen LogP contribution in [0, 0.1) is 0 Å². The number of hydrogen-bond acceptors (Lipinski definition) is 3. The average molecular weight is 468 g/mol. The molecule has 4 rings (SSSR count). The number of aromatic amines is 1. The number of fused-ring (bicyclic) bond motifs is 2. The molecule has 172 valence electrons. The number of halogens is 6. The van der Waals surface area contributed by atoms with Gasteiger partial charge in [0.1, 0.15) is 22.8 Å². The highest BCUT2D eigenvalue weighted by molar-refractivity contribution is 5.94. The summed E-state index contributed by atoms with van der Waals surface area (Å²) in [5.41, 5.74) is -2.61. The number of para-hydroxylation sites is 1. The predicted molar refractivity (Wildman–Crippen MR) is 104 cm³/mol. The smallest absolute Gasteiger partial charge is 0.431 e. The van der Waals surface area contributed by atoms with Crippen LogP contribution in [0.25, 0.3) is 0 Å².